The van der Waals surface area contributed by atoms with Crippen LogP contribution < -0.4 is 21.3 Å². The average molecular weight is 584 g/mol. The number of rotatable bonds is 10. The summed E-state index contributed by atoms with van der Waals surface area (Å²) >= 11 is 1.06. The molecule has 1 fully saturated rings. The fourth-order valence-electron chi connectivity index (χ4n) is 3.81. The molecule has 212 valence electrons. The van der Waals surface area contributed by atoms with E-state index in [2.05, 4.69) is 15.6 Å². The van der Waals surface area contributed by atoms with Crippen LogP contribution in [0.15, 0.2) is 24.3 Å². The average Bonchev–Trinajstić information content (AvgIpc) is 3.23. The molecule has 0 unspecified atom stereocenters. The number of aromatic nitrogens is 1. The Morgan fingerprint density at radius 2 is 1.59 bits per heavy atom. The summed E-state index contributed by atoms with van der Waals surface area (Å²) in [6.45, 7) is 2.21. The van der Waals surface area contributed by atoms with Gasteiger partial charge < -0.3 is 25.7 Å². The summed E-state index contributed by atoms with van der Waals surface area (Å²) in [5, 5.41) is 27.3. The standard InChI is InChI=1S/C22H29N7O8S2/c1-13(30)23-20-25-16(17(38-20)18(31)28-9-11-29(12-10-28)39(2,36)37)8-5-14-3-6-15(7-4-14)24-19(26-21(32)33)27-22(34)35/h3-4,6-7,19,24,26-27H,5,8-12H2,1-2H3,(H,32,33)(H,34,35)(H,23,25,30). The Kier molecular flexibility index (Phi) is 9.66. The SMILES string of the molecule is CC(=O)Nc1nc(CCc2ccc(NC(NC(=O)O)NC(=O)O)cc2)c(C(=O)N2CCN(S(C)(=O)=O)CC2)s1. The topological polar surface area (TPSA) is 210 Å². The molecule has 6 N–H and O–H groups in total. The molecular formula is C22H29N7O8S2. The number of carboxylic acid groups (broad SMARTS) is 2. The van der Waals surface area contributed by atoms with E-state index in [-0.39, 0.29) is 43.1 Å². The summed E-state index contributed by atoms with van der Waals surface area (Å²) in [4.78, 5) is 53.0. The van der Waals surface area contributed by atoms with Crippen molar-refractivity contribution in [3.8, 4) is 0 Å². The maximum absolute atomic E-state index is 13.3. The Balaban J connectivity index is 1.69. The van der Waals surface area contributed by atoms with Crippen molar-refractivity contribution in [3.63, 3.8) is 0 Å². The maximum Gasteiger partial charge on any atom is 0.407 e. The number of nitrogens with one attached hydrogen (secondary N) is 4. The minimum Gasteiger partial charge on any atom is -0.465 e. The van der Waals surface area contributed by atoms with Crippen molar-refractivity contribution in [1.29, 1.82) is 0 Å². The van der Waals surface area contributed by atoms with Gasteiger partial charge in [0.2, 0.25) is 15.9 Å². The van der Waals surface area contributed by atoms with Gasteiger partial charge in [0.15, 0.2) is 11.4 Å². The highest BCUT2D eigenvalue weighted by Gasteiger charge is 2.29. The fraction of sp³-hybridized carbons (Fsp3) is 0.409. The smallest absolute Gasteiger partial charge is 0.407 e. The van der Waals surface area contributed by atoms with Gasteiger partial charge in [-0.3, -0.25) is 20.2 Å². The first-order chi connectivity index (χ1) is 18.3. The van der Waals surface area contributed by atoms with Crippen molar-refractivity contribution in [2.75, 3.05) is 43.1 Å². The number of benzene rings is 1. The van der Waals surface area contributed by atoms with Gasteiger partial charge in [-0.15, -0.1) is 0 Å². The molecule has 4 amide bonds. The molecule has 15 nitrogen and oxygen atoms in total. The van der Waals surface area contributed by atoms with Crippen molar-refractivity contribution in [1.82, 2.24) is 24.8 Å². The Hall–Kier alpha value is -3.96. The van der Waals surface area contributed by atoms with Crippen LogP contribution in [0.3, 0.4) is 0 Å². The lowest BCUT2D eigenvalue weighted by atomic mass is 10.1. The Bertz CT molecular complexity index is 1310. The van der Waals surface area contributed by atoms with Crippen molar-refractivity contribution >= 4 is 56.2 Å². The number of sulfonamides is 1. The van der Waals surface area contributed by atoms with Gasteiger partial charge in [-0.05, 0) is 30.5 Å². The van der Waals surface area contributed by atoms with Crippen LogP contribution in [-0.2, 0) is 27.7 Å². The van der Waals surface area contributed by atoms with Crippen LogP contribution in [0.25, 0.3) is 0 Å². The normalized spacial score (nSPS) is 14.1. The molecule has 0 saturated carbocycles. The summed E-state index contributed by atoms with van der Waals surface area (Å²) in [5.41, 5.74) is 1.82. The highest BCUT2D eigenvalue weighted by molar-refractivity contribution is 7.88. The second-order valence-electron chi connectivity index (χ2n) is 8.60. The molecular weight excluding hydrogens is 554 g/mol. The third-order valence-corrected chi connectivity index (χ3v) is 7.92. The van der Waals surface area contributed by atoms with Gasteiger partial charge in [-0.25, -0.2) is 23.0 Å². The first kappa shape index (κ1) is 29.6. The number of carbonyl (C=O) groups excluding carboxylic acids is 2. The Morgan fingerprint density at radius 3 is 2.10 bits per heavy atom. The van der Waals surface area contributed by atoms with Gasteiger partial charge in [0, 0.05) is 38.8 Å². The first-order valence-electron chi connectivity index (χ1n) is 11.7. The van der Waals surface area contributed by atoms with Crippen LogP contribution in [0.4, 0.5) is 20.4 Å². The third-order valence-electron chi connectivity index (χ3n) is 5.62. The summed E-state index contributed by atoms with van der Waals surface area (Å²) in [6.07, 6.45) is -2.11. The van der Waals surface area contributed by atoms with Crippen LogP contribution in [0.5, 0.6) is 0 Å². The lowest BCUT2D eigenvalue weighted by Crippen LogP contribution is -2.52. The molecule has 0 spiro atoms. The van der Waals surface area contributed by atoms with Gasteiger partial charge >= 0.3 is 12.2 Å². The lowest BCUT2D eigenvalue weighted by molar-refractivity contribution is -0.114. The zero-order valence-corrected chi connectivity index (χ0v) is 22.8. The van der Waals surface area contributed by atoms with Gasteiger partial charge in [-0.1, -0.05) is 23.5 Å². The molecule has 0 aliphatic carbocycles. The van der Waals surface area contributed by atoms with Crippen molar-refractivity contribution in [3.05, 3.63) is 40.4 Å². The highest BCUT2D eigenvalue weighted by Crippen LogP contribution is 2.27. The number of hydrogen-bond acceptors (Lipinski definition) is 9. The van der Waals surface area contributed by atoms with E-state index in [9.17, 15) is 27.6 Å². The summed E-state index contributed by atoms with van der Waals surface area (Å²) in [6, 6.07) is 6.81. The quantitative estimate of drug-likeness (QED) is 0.217. The van der Waals surface area contributed by atoms with Gasteiger partial charge in [0.05, 0.1) is 11.9 Å². The second kappa shape index (κ2) is 12.7. The van der Waals surface area contributed by atoms with Crippen LogP contribution in [0.1, 0.15) is 27.9 Å². The summed E-state index contributed by atoms with van der Waals surface area (Å²) < 4.78 is 24.9. The Morgan fingerprint density at radius 1 is 1.00 bits per heavy atom. The van der Waals surface area contributed by atoms with Crippen LogP contribution in [0.2, 0.25) is 0 Å². The lowest BCUT2D eigenvalue weighted by Gasteiger charge is -2.33. The van der Waals surface area contributed by atoms with E-state index in [4.69, 9.17) is 10.2 Å². The number of amides is 4. The molecule has 1 aromatic heterocycles. The largest absolute Gasteiger partial charge is 0.465 e. The third kappa shape index (κ3) is 8.79. The molecule has 2 heterocycles. The van der Waals surface area contributed by atoms with E-state index in [1.54, 1.807) is 29.2 Å². The molecule has 17 heteroatoms. The van der Waals surface area contributed by atoms with Gasteiger partial charge in [-0.2, -0.15) is 4.31 Å². The Labute approximate surface area is 228 Å². The van der Waals surface area contributed by atoms with Crippen LogP contribution >= 0.6 is 11.3 Å². The van der Waals surface area contributed by atoms with E-state index in [1.807, 2.05) is 10.6 Å². The molecule has 39 heavy (non-hydrogen) atoms. The number of piperazine rings is 1. The molecule has 2 aromatic rings. The molecule has 1 aromatic carbocycles. The number of nitrogens with zero attached hydrogens (tertiary/aromatic N) is 3. The minimum absolute atomic E-state index is 0.197. The highest BCUT2D eigenvalue weighted by atomic mass is 32.2. The molecule has 3 rings (SSSR count). The molecule has 0 bridgehead atoms. The summed E-state index contributed by atoms with van der Waals surface area (Å²) in [7, 11) is -3.34. The van der Waals surface area contributed by atoms with E-state index >= 15 is 0 Å². The summed E-state index contributed by atoms with van der Waals surface area (Å²) in [5.74, 6) is -0.609. The number of anilines is 2. The number of thiazole rings is 1. The van der Waals surface area contributed by atoms with Gasteiger partial charge in [0.1, 0.15) is 4.88 Å². The van der Waals surface area contributed by atoms with Crippen LogP contribution in [0, 0.1) is 0 Å². The second-order valence-corrected chi connectivity index (χ2v) is 11.6. The van der Waals surface area contributed by atoms with Crippen molar-refractivity contribution < 1.29 is 37.8 Å². The minimum atomic E-state index is -3.34. The van der Waals surface area contributed by atoms with Crippen molar-refractivity contribution in [2.24, 2.45) is 0 Å². The monoisotopic (exact) mass is 583 g/mol. The zero-order valence-electron chi connectivity index (χ0n) is 21.1. The van der Waals surface area contributed by atoms with E-state index in [0.717, 1.165) is 23.2 Å². The van der Waals surface area contributed by atoms with E-state index < -0.39 is 28.5 Å². The molecule has 1 saturated heterocycles. The predicted octanol–water partition coefficient (Wildman–Crippen LogP) is 0.835. The number of hydrogen-bond donors (Lipinski definition) is 6. The zero-order chi connectivity index (χ0) is 28.7. The maximum atomic E-state index is 13.3. The predicted molar refractivity (Wildman–Crippen MR) is 142 cm³/mol. The fourth-order valence-corrected chi connectivity index (χ4v) is 5.66. The molecule has 1 aliphatic heterocycles. The number of aryl methyl sites for hydroxylation is 2. The van der Waals surface area contributed by atoms with Gasteiger partial charge in [0.25, 0.3) is 5.91 Å². The van der Waals surface area contributed by atoms with Crippen LogP contribution in [-0.4, -0.2) is 95.5 Å². The van der Waals surface area contributed by atoms with Crippen molar-refractivity contribution in [2.45, 2.75) is 26.1 Å². The molecule has 0 radical (unpaired) electrons. The number of carbonyl (C=O) groups is 4. The van der Waals surface area contributed by atoms with E-state index in [1.165, 1.54) is 11.2 Å². The molecule has 0 atom stereocenters. The van der Waals surface area contributed by atoms with E-state index in [0.29, 0.717) is 29.1 Å². The molecule has 1 aliphatic rings. The first-order valence-corrected chi connectivity index (χ1v) is 14.3.